The van der Waals surface area contributed by atoms with Crippen molar-refractivity contribution in [1.29, 1.82) is 0 Å². The average Bonchev–Trinajstić information content (AvgIpc) is 3.64. The molecule has 2 aliphatic heterocycles. The number of carbonyl (C=O) groups excluding carboxylic acids is 5. The normalized spacial score (nSPS) is 19.4. The largest absolute Gasteiger partial charge is 0.495 e. The highest BCUT2D eigenvalue weighted by molar-refractivity contribution is 6.44. The molecule has 0 radical (unpaired) electrons. The lowest BCUT2D eigenvalue weighted by Gasteiger charge is -2.35. The lowest BCUT2D eigenvalue weighted by atomic mass is 10.2. The Morgan fingerprint density at radius 3 is 2.60 bits per heavy atom. The number of amides is 6. The van der Waals surface area contributed by atoms with E-state index >= 15 is 0 Å². The highest BCUT2D eigenvalue weighted by Gasteiger charge is 2.46. The lowest BCUT2D eigenvalue weighted by molar-refractivity contribution is -0.143. The van der Waals surface area contributed by atoms with Crippen molar-refractivity contribution in [3.8, 4) is 5.75 Å². The van der Waals surface area contributed by atoms with Gasteiger partial charge in [0.15, 0.2) is 5.82 Å². The van der Waals surface area contributed by atoms with Crippen molar-refractivity contribution in [1.82, 2.24) is 24.8 Å². The number of para-hydroxylation sites is 2. The molecule has 1 saturated carbocycles. The molecule has 1 atom stereocenters. The number of methoxy groups -OCH3 is 1. The molecule has 2 saturated heterocycles. The number of hydrogen-bond donors (Lipinski definition) is 0. The molecule has 2 aromatic rings. The van der Waals surface area contributed by atoms with E-state index in [1.165, 1.54) is 18.9 Å². The summed E-state index contributed by atoms with van der Waals surface area (Å²) in [6.07, 6.45) is 1.13. The standard InChI is InChI=1S/C26H30N6O8/c1-16(33)29-9-10-39-18(13-29)14-30(19-5-3-4-6-20(19)38-2)23(34)11-21-27-22(40-28-21)15-32-25(36)24(35)31(26(32)37)12-17-7-8-17/h3-6,17-18H,7-15H2,1-2H3. The molecule has 1 aromatic heterocycles. The Hall–Kier alpha value is -4.33. The molecule has 1 unspecified atom stereocenters. The van der Waals surface area contributed by atoms with Crippen LogP contribution in [0.3, 0.4) is 0 Å². The number of ether oxygens (including phenoxy) is 2. The van der Waals surface area contributed by atoms with Crippen molar-refractivity contribution < 1.29 is 38.0 Å². The second kappa shape index (κ2) is 11.4. The van der Waals surface area contributed by atoms with Crippen LogP contribution >= 0.6 is 0 Å². The predicted molar refractivity (Wildman–Crippen MR) is 136 cm³/mol. The molecule has 3 heterocycles. The zero-order valence-electron chi connectivity index (χ0n) is 22.3. The Labute approximate surface area is 229 Å². The number of carbonyl (C=O) groups is 5. The van der Waals surface area contributed by atoms with Gasteiger partial charge in [0.05, 0.1) is 38.5 Å². The molecule has 14 heteroatoms. The van der Waals surface area contributed by atoms with Gasteiger partial charge in [-0.1, -0.05) is 17.3 Å². The number of anilines is 1. The van der Waals surface area contributed by atoms with E-state index in [0.29, 0.717) is 31.1 Å². The van der Waals surface area contributed by atoms with E-state index in [2.05, 4.69) is 10.1 Å². The van der Waals surface area contributed by atoms with Gasteiger partial charge < -0.3 is 23.8 Å². The van der Waals surface area contributed by atoms with E-state index in [0.717, 1.165) is 22.6 Å². The summed E-state index contributed by atoms with van der Waals surface area (Å²) in [5.74, 6) is -1.62. The summed E-state index contributed by atoms with van der Waals surface area (Å²) >= 11 is 0. The monoisotopic (exact) mass is 554 g/mol. The fourth-order valence-corrected chi connectivity index (χ4v) is 4.71. The van der Waals surface area contributed by atoms with Gasteiger partial charge in [-0.3, -0.25) is 24.1 Å². The fraction of sp³-hybridized carbons (Fsp3) is 0.500. The lowest BCUT2D eigenvalue weighted by Crippen LogP contribution is -2.50. The summed E-state index contributed by atoms with van der Waals surface area (Å²) < 4.78 is 16.5. The van der Waals surface area contributed by atoms with Gasteiger partial charge in [-0.15, -0.1) is 0 Å². The number of morpholine rings is 1. The summed E-state index contributed by atoms with van der Waals surface area (Å²) in [5, 5.41) is 3.85. The number of urea groups is 1. The van der Waals surface area contributed by atoms with E-state index in [1.807, 2.05) is 0 Å². The molecule has 40 heavy (non-hydrogen) atoms. The zero-order valence-corrected chi connectivity index (χ0v) is 22.3. The average molecular weight is 555 g/mol. The van der Waals surface area contributed by atoms with Crippen molar-refractivity contribution >= 4 is 35.3 Å². The van der Waals surface area contributed by atoms with E-state index in [1.54, 1.807) is 29.2 Å². The van der Waals surface area contributed by atoms with Gasteiger partial charge in [-0.25, -0.2) is 9.69 Å². The molecule has 3 aliphatic rings. The third-order valence-corrected chi connectivity index (χ3v) is 7.03. The molecule has 3 fully saturated rings. The minimum atomic E-state index is -0.948. The first-order chi connectivity index (χ1) is 19.2. The Morgan fingerprint density at radius 1 is 1.12 bits per heavy atom. The van der Waals surface area contributed by atoms with E-state index in [-0.39, 0.29) is 55.5 Å². The van der Waals surface area contributed by atoms with Crippen molar-refractivity contribution in [3.05, 3.63) is 36.0 Å². The fourth-order valence-electron chi connectivity index (χ4n) is 4.71. The second-order valence-corrected chi connectivity index (χ2v) is 9.95. The smallest absolute Gasteiger partial charge is 0.334 e. The second-order valence-electron chi connectivity index (χ2n) is 9.95. The highest BCUT2D eigenvalue weighted by Crippen LogP contribution is 2.32. The minimum absolute atomic E-state index is 0.0371. The van der Waals surface area contributed by atoms with Crippen molar-refractivity contribution in [2.45, 2.75) is 38.8 Å². The zero-order chi connectivity index (χ0) is 28.4. The van der Waals surface area contributed by atoms with Crippen LogP contribution < -0.4 is 9.64 Å². The Balaban J connectivity index is 1.29. The van der Waals surface area contributed by atoms with Crippen molar-refractivity contribution in [2.24, 2.45) is 5.92 Å². The van der Waals surface area contributed by atoms with Gasteiger partial charge in [0, 0.05) is 26.6 Å². The number of benzene rings is 1. The predicted octanol–water partition coefficient (Wildman–Crippen LogP) is 0.602. The first-order valence-electron chi connectivity index (χ1n) is 13.0. The topological polar surface area (TPSA) is 156 Å². The third kappa shape index (κ3) is 5.81. The maximum absolute atomic E-state index is 13.6. The van der Waals surface area contributed by atoms with Gasteiger partial charge in [0.25, 0.3) is 0 Å². The first kappa shape index (κ1) is 27.2. The summed E-state index contributed by atoms with van der Waals surface area (Å²) in [5.41, 5.74) is 0.504. The molecule has 5 rings (SSSR count). The van der Waals surface area contributed by atoms with Crippen LogP contribution in [0.5, 0.6) is 5.75 Å². The SMILES string of the molecule is COc1ccccc1N(CC1CN(C(C)=O)CCO1)C(=O)Cc1noc(CN2C(=O)C(=O)N(CC3CC3)C2=O)n1. The Bertz CT molecular complexity index is 1320. The van der Waals surface area contributed by atoms with Gasteiger partial charge in [-0.2, -0.15) is 4.98 Å². The molecule has 1 aromatic carbocycles. The Kier molecular flexibility index (Phi) is 7.78. The van der Waals surface area contributed by atoms with Crippen molar-refractivity contribution in [3.63, 3.8) is 0 Å². The summed E-state index contributed by atoms with van der Waals surface area (Å²) in [4.78, 5) is 71.9. The van der Waals surface area contributed by atoms with Gasteiger partial charge in [0.2, 0.25) is 17.7 Å². The third-order valence-electron chi connectivity index (χ3n) is 7.03. The number of nitrogens with zero attached hydrogens (tertiary/aromatic N) is 6. The maximum atomic E-state index is 13.6. The summed E-state index contributed by atoms with van der Waals surface area (Å²) in [7, 11) is 1.50. The molecule has 6 amide bonds. The van der Waals surface area contributed by atoms with Crippen molar-refractivity contribution in [2.75, 3.05) is 44.8 Å². The summed E-state index contributed by atoms with van der Waals surface area (Å²) in [6, 6.07) is 6.30. The van der Waals surface area contributed by atoms with Crippen LogP contribution in [0.25, 0.3) is 0 Å². The molecule has 212 valence electrons. The Morgan fingerprint density at radius 2 is 1.88 bits per heavy atom. The van der Waals surface area contributed by atoms with E-state index < -0.39 is 23.9 Å². The summed E-state index contributed by atoms with van der Waals surface area (Å²) in [6.45, 7) is 2.63. The molecule has 0 N–H and O–H groups in total. The van der Waals surface area contributed by atoms with Gasteiger partial charge in [-0.05, 0) is 30.9 Å². The molecular weight excluding hydrogens is 524 g/mol. The minimum Gasteiger partial charge on any atom is -0.495 e. The van der Waals surface area contributed by atoms with Crippen LogP contribution in [-0.4, -0.2) is 100 Å². The molecule has 1 aliphatic carbocycles. The highest BCUT2D eigenvalue weighted by atomic mass is 16.5. The molecule has 14 nitrogen and oxygen atoms in total. The number of rotatable bonds is 10. The van der Waals surface area contributed by atoms with Crippen LogP contribution in [0.4, 0.5) is 10.5 Å². The van der Waals surface area contributed by atoms with Crippen LogP contribution in [0.15, 0.2) is 28.8 Å². The molecule has 0 bridgehead atoms. The van der Waals surface area contributed by atoms with Gasteiger partial charge >= 0.3 is 17.8 Å². The van der Waals surface area contributed by atoms with Crippen LogP contribution in [0.1, 0.15) is 31.5 Å². The maximum Gasteiger partial charge on any atom is 0.334 e. The first-order valence-corrected chi connectivity index (χ1v) is 13.0. The van der Waals surface area contributed by atoms with Crippen LogP contribution in [0, 0.1) is 5.92 Å². The molecular formula is C26H30N6O8. The number of aromatic nitrogens is 2. The number of hydrogen-bond acceptors (Lipinski definition) is 10. The van der Waals surface area contributed by atoms with E-state index in [4.69, 9.17) is 14.0 Å². The quantitative estimate of drug-likeness (QED) is 0.301. The molecule has 0 spiro atoms. The van der Waals surface area contributed by atoms with Crippen LogP contribution in [-0.2, 0) is 36.9 Å². The van der Waals surface area contributed by atoms with Gasteiger partial charge in [0.1, 0.15) is 12.3 Å². The van der Waals surface area contributed by atoms with Crippen LogP contribution in [0.2, 0.25) is 0 Å². The number of imide groups is 2. The van der Waals surface area contributed by atoms with E-state index in [9.17, 15) is 24.0 Å².